The van der Waals surface area contributed by atoms with Crippen LogP contribution in [0.3, 0.4) is 0 Å². The fraction of sp³-hybridized carbons (Fsp3) is 0.435. The smallest absolute Gasteiger partial charge is 0.228 e. The van der Waals surface area contributed by atoms with Crippen LogP contribution in [0.25, 0.3) is 27.7 Å². The van der Waals surface area contributed by atoms with E-state index in [0.717, 1.165) is 53.4 Å². The molecule has 8 nitrogen and oxygen atoms in total. The topological polar surface area (TPSA) is 100 Å². The Balaban J connectivity index is 1.52. The maximum atomic E-state index is 10.2. The lowest BCUT2D eigenvalue weighted by molar-refractivity contribution is 0.0195. The summed E-state index contributed by atoms with van der Waals surface area (Å²) in [6.07, 6.45) is 8.98. The summed E-state index contributed by atoms with van der Waals surface area (Å²) in [6.45, 7) is 5.89. The summed E-state index contributed by atoms with van der Waals surface area (Å²) >= 11 is 0. The number of aromatic amines is 1. The maximum Gasteiger partial charge on any atom is 0.228 e. The molecule has 0 atom stereocenters. The van der Waals surface area contributed by atoms with Gasteiger partial charge < -0.3 is 20.1 Å². The number of pyridine rings is 1. The van der Waals surface area contributed by atoms with Crippen LogP contribution in [-0.2, 0) is 0 Å². The first-order valence-corrected chi connectivity index (χ1v) is 10.9. The van der Waals surface area contributed by atoms with Crippen LogP contribution in [0.4, 0.5) is 5.95 Å². The summed E-state index contributed by atoms with van der Waals surface area (Å²) in [6, 6.07) is 6.34. The zero-order valence-electron chi connectivity index (χ0n) is 18.1. The number of nitrogens with zero attached hydrogens (tertiary/aromatic N) is 4. The third kappa shape index (κ3) is 3.95. The summed E-state index contributed by atoms with van der Waals surface area (Å²) in [7, 11) is 0. The Hall–Kier alpha value is -3.13. The van der Waals surface area contributed by atoms with E-state index < -0.39 is 5.60 Å². The SMILES string of the molecule is CC(C)Oc1nc(NC2CCC(C)(O)CC2)nc2[nH]cc(-c3ccn4nccc4c3)c12. The van der Waals surface area contributed by atoms with E-state index in [1.165, 1.54) is 0 Å². The Morgan fingerprint density at radius 3 is 2.84 bits per heavy atom. The van der Waals surface area contributed by atoms with E-state index in [1.807, 2.05) is 49.8 Å². The average Bonchev–Trinajstić information content (AvgIpc) is 3.35. The first kappa shape index (κ1) is 19.8. The lowest BCUT2D eigenvalue weighted by Gasteiger charge is -2.33. The molecule has 0 amide bonds. The molecule has 1 aliphatic rings. The van der Waals surface area contributed by atoms with Crippen molar-refractivity contribution in [3.8, 4) is 17.0 Å². The minimum absolute atomic E-state index is 0.0178. The number of rotatable bonds is 5. The Morgan fingerprint density at radius 2 is 2.06 bits per heavy atom. The van der Waals surface area contributed by atoms with Crippen molar-refractivity contribution in [2.75, 3.05) is 5.32 Å². The van der Waals surface area contributed by atoms with Crippen LogP contribution in [0.5, 0.6) is 5.88 Å². The van der Waals surface area contributed by atoms with Gasteiger partial charge in [-0.3, -0.25) is 0 Å². The van der Waals surface area contributed by atoms with Gasteiger partial charge in [0.25, 0.3) is 0 Å². The van der Waals surface area contributed by atoms with E-state index in [9.17, 15) is 5.11 Å². The van der Waals surface area contributed by atoms with E-state index in [1.54, 1.807) is 6.20 Å². The van der Waals surface area contributed by atoms with E-state index in [2.05, 4.69) is 21.5 Å². The third-order valence-electron chi connectivity index (χ3n) is 5.95. The van der Waals surface area contributed by atoms with Gasteiger partial charge in [0.15, 0.2) is 0 Å². The Morgan fingerprint density at radius 1 is 1.26 bits per heavy atom. The second-order valence-corrected chi connectivity index (χ2v) is 8.98. The lowest BCUT2D eigenvalue weighted by Crippen LogP contribution is -2.36. The highest BCUT2D eigenvalue weighted by Gasteiger charge is 2.29. The van der Waals surface area contributed by atoms with Gasteiger partial charge in [0, 0.05) is 30.2 Å². The number of aromatic nitrogens is 5. The van der Waals surface area contributed by atoms with Crippen molar-refractivity contribution in [1.82, 2.24) is 24.6 Å². The largest absolute Gasteiger partial charge is 0.474 e. The summed E-state index contributed by atoms with van der Waals surface area (Å²) in [5.74, 6) is 1.12. The Kier molecular flexibility index (Phi) is 4.81. The molecular weight excluding hydrogens is 392 g/mol. The fourth-order valence-electron chi connectivity index (χ4n) is 4.26. The molecular formula is C23H28N6O2. The number of aliphatic hydroxyl groups is 1. The quantitative estimate of drug-likeness (QED) is 0.448. The Bertz CT molecular complexity index is 1220. The minimum atomic E-state index is -0.570. The van der Waals surface area contributed by atoms with Gasteiger partial charge in [-0.25, -0.2) is 4.52 Å². The van der Waals surface area contributed by atoms with Gasteiger partial charge in [-0.1, -0.05) is 0 Å². The van der Waals surface area contributed by atoms with Crippen LogP contribution in [0.15, 0.2) is 36.8 Å². The number of ether oxygens (including phenoxy) is 1. The number of fused-ring (bicyclic) bond motifs is 2. The van der Waals surface area contributed by atoms with Crippen molar-refractivity contribution in [2.24, 2.45) is 0 Å². The van der Waals surface area contributed by atoms with Gasteiger partial charge >= 0.3 is 0 Å². The van der Waals surface area contributed by atoms with Gasteiger partial charge in [0.05, 0.1) is 22.6 Å². The summed E-state index contributed by atoms with van der Waals surface area (Å²) in [5, 5.41) is 18.8. The molecule has 31 heavy (non-hydrogen) atoms. The number of anilines is 1. The highest BCUT2D eigenvalue weighted by atomic mass is 16.5. The van der Waals surface area contributed by atoms with Gasteiger partial charge in [-0.05, 0) is 70.2 Å². The van der Waals surface area contributed by atoms with E-state index in [-0.39, 0.29) is 12.1 Å². The number of nitrogens with one attached hydrogen (secondary N) is 2. The molecule has 8 heteroatoms. The molecule has 0 saturated heterocycles. The molecule has 4 heterocycles. The zero-order chi connectivity index (χ0) is 21.6. The summed E-state index contributed by atoms with van der Waals surface area (Å²) in [4.78, 5) is 12.8. The normalized spacial score (nSPS) is 21.8. The molecule has 0 unspecified atom stereocenters. The predicted molar refractivity (Wildman–Crippen MR) is 120 cm³/mol. The van der Waals surface area contributed by atoms with Crippen LogP contribution in [-0.4, -0.2) is 47.4 Å². The first-order valence-electron chi connectivity index (χ1n) is 10.9. The second kappa shape index (κ2) is 7.53. The molecule has 5 rings (SSSR count). The van der Waals surface area contributed by atoms with E-state index >= 15 is 0 Å². The number of hydrogen-bond acceptors (Lipinski definition) is 6. The van der Waals surface area contributed by atoms with Crippen LogP contribution >= 0.6 is 0 Å². The molecule has 0 bridgehead atoms. The van der Waals surface area contributed by atoms with Crippen LogP contribution in [0.2, 0.25) is 0 Å². The highest BCUT2D eigenvalue weighted by molar-refractivity contribution is 5.98. The number of H-pyrrole nitrogens is 1. The van der Waals surface area contributed by atoms with Crippen LogP contribution < -0.4 is 10.1 Å². The molecule has 4 aromatic rings. The van der Waals surface area contributed by atoms with E-state index in [4.69, 9.17) is 14.7 Å². The summed E-state index contributed by atoms with van der Waals surface area (Å²) < 4.78 is 7.95. The van der Waals surface area contributed by atoms with Crippen molar-refractivity contribution in [3.63, 3.8) is 0 Å². The van der Waals surface area contributed by atoms with Crippen molar-refractivity contribution in [1.29, 1.82) is 0 Å². The van der Waals surface area contributed by atoms with Crippen LogP contribution in [0.1, 0.15) is 46.5 Å². The molecule has 0 spiro atoms. The predicted octanol–water partition coefficient (Wildman–Crippen LogP) is 4.17. The fourth-order valence-corrected chi connectivity index (χ4v) is 4.26. The van der Waals surface area contributed by atoms with Crippen molar-refractivity contribution >= 4 is 22.5 Å². The molecule has 0 aliphatic heterocycles. The van der Waals surface area contributed by atoms with Crippen molar-refractivity contribution < 1.29 is 9.84 Å². The molecule has 4 aromatic heterocycles. The lowest BCUT2D eigenvalue weighted by atomic mass is 9.84. The molecule has 1 fully saturated rings. The average molecular weight is 421 g/mol. The van der Waals surface area contributed by atoms with Crippen molar-refractivity contribution in [3.05, 3.63) is 36.8 Å². The second-order valence-electron chi connectivity index (χ2n) is 8.98. The van der Waals surface area contributed by atoms with Gasteiger partial charge in [0.2, 0.25) is 11.8 Å². The Labute approximate surface area is 180 Å². The molecule has 0 aromatic carbocycles. The van der Waals surface area contributed by atoms with Gasteiger partial charge in [-0.15, -0.1) is 0 Å². The number of hydrogen-bond donors (Lipinski definition) is 3. The zero-order valence-corrected chi connectivity index (χ0v) is 18.1. The highest BCUT2D eigenvalue weighted by Crippen LogP contribution is 2.36. The van der Waals surface area contributed by atoms with Crippen molar-refractivity contribution in [2.45, 2.75) is 64.2 Å². The minimum Gasteiger partial charge on any atom is -0.474 e. The molecule has 1 saturated carbocycles. The molecule has 1 aliphatic carbocycles. The standard InChI is InChI=1S/C23H28N6O2/c1-14(2)31-21-19-18(15-7-11-29-17(12-15)6-10-25-29)13-24-20(19)27-22(28-21)26-16-4-8-23(3,30)9-5-16/h6-7,10-14,16,30H,4-5,8-9H2,1-3H3,(H2,24,26,27,28). The monoisotopic (exact) mass is 420 g/mol. The van der Waals surface area contributed by atoms with Gasteiger partial charge in [-0.2, -0.15) is 15.1 Å². The third-order valence-corrected chi connectivity index (χ3v) is 5.95. The van der Waals surface area contributed by atoms with Gasteiger partial charge in [0.1, 0.15) is 5.65 Å². The summed E-state index contributed by atoms with van der Waals surface area (Å²) in [5.41, 5.74) is 3.23. The van der Waals surface area contributed by atoms with Crippen LogP contribution in [0, 0.1) is 0 Å². The molecule has 162 valence electrons. The molecule has 3 N–H and O–H groups in total. The maximum absolute atomic E-state index is 10.2. The first-order chi connectivity index (χ1) is 14.9. The molecule has 0 radical (unpaired) electrons. The van der Waals surface area contributed by atoms with E-state index in [0.29, 0.717) is 11.8 Å².